The summed E-state index contributed by atoms with van der Waals surface area (Å²) in [6, 6.07) is 7.93. The topological polar surface area (TPSA) is 29.1 Å². The number of carbonyl (C=O) groups excluding carboxylic acids is 1. The van der Waals surface area contributed by atoms with E-state index in [4.69, 9.17) is 0 Å². The summed E-state index contributed by atoms with van der Waals surface area (Å²) in [5, 5.41) is 5.26. The van der Waals surface area contributed by atoms with E-state index in [0.29, 0.717) is 0 Å². The van der Waals surface area contributed by atoms with Gasteiger partial charge < -0.3 is 5.32 Å². The van der Waals surface area contributed by atoms with Crippen LogP contribution in [0.25, 0.3) is 0 Å². The summed E-state index contributed by atoms with van der Waals surface area (Å²) in [6.45, 7) is 3.78. The fourth-order valence-electron chi connectivity index (χ4n) is 2.21. The number of nitrogens with one attached hydrogen (secondary N) is 1. The van der Waals surface area contributed by atoms with Crippen molar-refractivity contribution in [3.05, 3.63) is 56.8 Å². The van der Waals surface area contributed by atoms with Gasteiger partial charge in [-0.05, 0) is 35.6 Å². The van der Waals surface area contributed by atoms with Gasteiger partial charge in [0.25, 0.3) is 0 Å². The molecular formula is C14H13NOS. The van der Waals surface area contributed by atoms with Crippen molar-refractivity contribution < 1.29 is 4.79 Å². The molecule has 3 rings (SSSR count). The van der Waals surface area contributed by atoms with Crippen LogP contribution in [0.1, 0.15) is 31.9 Å². The fourth-order valence-corrected chi connectivity index (χ4v) is 2.91. The number of fused-ring (bicyclic) bond motifs is 1. The number of hydrogen-bond donors (Lipinski definition) is 1. The molecule has 0 saturated heterocycles. The maximum absolute atomic E-state index is 12.3. The summed E-state index contributed by atoms with van der Waals surface area (Å²) in [5.41, 5.74) is 4.20. The summed E-state index contributed by atoms with van der Waals surface area (Å²) in [4.78, 5) is 13.4. The van der Waals surface area contributed by atoms with Crippen LogP contribution in [0, 0.1) is 6.92 Å². The molecule has 0 atom stereocenters. The van der Waals surface area contributed by atoms with Crippen LogP contribution in [0.5, 0.6) is 0 Å². The first-order valence-corrected chi connectivity index (χ1v) is 6.55. The first-order valence-electron chi connectivity index (χ1n) is 5.67. The molecule has 1 N–H and O–H groups in total. The predicted molar refractivity (Wildman–Crippen MR) is 69.5 cm³/mol. The Labute approximate surface area is 104 Å². The standard InChI is InChI=1S/C14H13NOS/c1-9-13(4-5-17-9)14(16)10-2-3-11-7-15-8-12(11)6-10/h2-6,15H,7-8H2,1H3. The molecule has 0 aliphatic carbocycles. The molecule has 1 aromatic heterocycles. The Kier molecular flexibility index (Phi) is 2.57. The molecule has 17 heavy (non-hydrogen) atoms. The van der Waals surface area contributed by atoms with E-state index in [9.17, 15) is 4.79 Å². The summed E-state index contributed by atoms with van der Waals surface area (Å²) in [5.74, 6) is 0.137. The van der Waals surface area contributed by atoms with Gasteiger partial charge in [0.1, 0.15) is 0 Å². The van der Waals surface area contributed by atoms with E-state index in [1.54, 1.807) is 11.3 Å². The van der Waals surface area contributed by atoms with E-state index in [1.165, 1.54) is 11.1 Å². The largest absolute Gasteiger partial charge is 0.309 e. The van der Waals surface area contributed by atoms with E-state index in [0.717, 1.165) is 29.1 Å². The normalized spacial score (nSPS) is 13.7. The highest BCUT2D eigenvalue weighted by atomic mass is 32.1. The van der Waals surface area contributed by atoms with Crippen LogP contribution < -0.4 is 5.32 Å². The van der Waals surface area contributed by atoms with Crippen molar-refractivity contribution in [2.24, 2.45) is 0 Å². The van der Waals surface area contributed by atoms with Gasteiger partial charge in [-0.3, -0.25) is 4.79 Å². The minimum Gasteiger partial charge on any atom is -0.309 e. The molecule has 0 amide bonds. The zero-order chi connectivity index (χ0) is 11.8. The highest BCUT2D eigenvalue weighted by molar-refractivity contribution is 7.10. The Bertz CT molecular complexity index is 586. The first kappa shape index (κ1) is 10.7. The van der Waals surface area contributed by atoms with Crippen LogP contribution in [0.2, 0.25) is 0 Å². The van der Waals surface area contributed by atoms with Crippen molar-refractivity contribution in [1.29, 1.82) is 0 Å². The van der Waals surface area contributed by atoms with Crippen LogP contribution in [0.15, 0.2) is 29.6 Å². The second-order valence-electron chi connectivity index (χ2n) is 4.31. The average molecular weight is 243 g/mol. The van der Waals surface area contributed by atoms with Crippen molar-refractivity contribution in [1.82, 2.24) is 5.32 Å². The summed E-state index contributed by atoms with van der Waals surface area (Å²) < 4.78 is 0. The van der Waals surface area contributed by atoms with E-state index in [2.05, 4.69) is 11.4 Å². The molecule has 0 bridgehead atoms. The molecule has 2 aromatic rings. The lowest BCUT2D eigenvalue weighted by molar-refractivity contribution is 0.103. The average Bonchev–Trinajstić information content (AvgIpc) is 2.95. The Morgan fingerprint density at radius 1 is 1.24 bits per heavy atom. The Morgan fingerprint density at radius 3 is 2.82 bits per heavy atom. The third kappa shape index (κ3) is 1.81. The van der Waals surface area contributed by atoms with Crippen LogP contribution in [-0.4, -0.2) is 5.78 Å². The monoisotopic (exact) mass is 243 g/mol. The lowest BCUT2D eigenvalue weighted by Gasteiger charge is -2.03. The second-order valence-corrected chi connectivity index (χ2v) is 5.43. The molecular weight excluding hydrogens is 230 g/mol. The van der Waals surface area contributed by atoms with Crippen molar-refractivity contribution in [3.8, 4) is 0 Å². The van der Waals surface area contributed by atoms with E-state index < -0.39 is 0 Å². The maximum atomic E-state index is 12.3. The van der Waals surface area contributed by atoms with E-state index in [1.807, 2.05) is 30.5 Å². The lowest BCUT2D eigenvalue weighted by atomic mass is 10.00. The molecule has 2 heterocycles. The van der Waals surface area contributed by atoms with Gasteiger partial charge in [-0.2, -0.15) is 0 Å². The highest BCUT2D eigenvalue weighted by Crippen LogP contribution is 2.22. The zero-order valence-corrected chi connectivity index (χ0v) is 10.4. The molecule has 0 unspecified atom stereocenters. The van der Waals surface area contributed by atoms with Gasteiger partial charge in [0.15, 0.2) is 5.78 Å². The van der Waals surface area contributed by atoms with Crippen LogP contribution in [0.3, 0.4) is 0 Å². The van der Waals surface area contributed by atoms with Crippen molar-refractivity contribution in [2.75, 3.05) is 0 Å². The van der Waals surface area contributed by atoms with E-state index >= 15 is 0 Å². The number of benzene rings is 1. The van der Waals surface area contributed by atoms with Crippen LogP contribution in [0.4, 0.5) is 0 Å². The van der Waals surface area contributed by atoms with Crippen LogP contribution >= 0.6 is 11.3 Å². The van der Waals surface area contributed by atoms with Crippen molar-refractivity contribution >= 4 is 17.1 Å². The Balaban J connectivity index is 2.00. The number of carbonyl (C=O) groups is 1. The molecule has 0 fully saturated rings. The van der Waals surface area contributed by atoms with Crippen molar-refractivity contribution in [2.45, 2.75) is 20.0 Å². The SMILES string of the molecule is Cc1sccc1C(=O)c1ccc2c(c1)CNC2. The van der Waals surface area contributed by atoms with Gasteiger partial charge in [-0.1, -0.05) is 12.1 Å². The number of ketones is 1. The maximum Gasteiger partial charge on any atom is 0.194 e. The third-order valence-corrected chi connectivity index (χ3v) is 4.05. The fraction of sp³-hybridized carbons (Fsp3) is 0.214. The second kappa shape index (κ2) is 4.09. The third-order valence-electron chi connectivity index (χ3n) is 3.20. The number of thiophene rings is 1. The first-order chi connectivity index (χ1) is 8.25. The van der Waals surface area contributed by atoms with Crippen molar-refractivity contribution in [3.63, 3.8) is 0 Å². The van der Waals surface area contributed by atoms with Gasteiger partial charge in [-0.15, -0.1) is 11.3 Å². The quantitative estimate of drug-likeness (QED) is 0.822. The summed E-state index contributed by atoms with van der Waals surface area (Å²) in [7, 11) is 0. The van der Waals surface area contributed by atoms with Gasteiger partial charge in [0, 0.05) is 29.1 Å². The smallest absolute Gasteiger partial charge is 0.194 e. The molecule has 0 radical (unpaired) electrons. The minimum absolute atomic E-state index is 0.137. The number of aryl methyl sites for hydroxylation is 1. The van der Waals surface area contributed by atoms with Gasteiger partial charge in [-0.25, -0.2) is 0 Å². The molecule has 0 spiro atoms. The minimum atomic E-state index is 0.137. The predicted octanol–water partition coefficient (Wildman–Crippen LogP) is 2.89. The van der Waals surface area contributed by atoms with E-state index in [-0.39, 0.29) is 5.78 Å². The summed E-state index contributed by atoms with van der Waals surface area (Å²) in [6.07, 6.45) is 0. The Hall–Kier alpha value is -1.45. The molecule has 1 aliphatic heterocycles. The molecule has 1 aromatic carbocycles. The summed E-state index contributed by atoms with van der Waals surface area (Å²) >= 11 is 1.62. The van der Waals surface area contributed by atoms with Gasteiger partial charge >= 0.3 is 0 Å². The van der Waals surface area contributed by atoms with Gasteiger partial charge in [0.2, 0.25) is 0 Å². The number of rotatable bonds is 2. The lowest BCUT2D eigenvalue weighted by Crippen LogP contribution is -2.02. The molecule has 86 valence electrons. The molecule has 3 heteroatoms. The molecule has 0 saturated carbocycles. The number of hydrogen-bond acceptors (Lipinski definition) is 3. The Morgan fingerprint density at radius 2 is 2.06 bits per heavy atom. The van der Waals surface area contributed by atoms with Gasteiger partial charge in [0.05, 0.1) is 0 Å². The molecule has 2 nitrogen and oxygen atoms in total. The molecule has 1 aliphatic rings. The highest BCUT2D eigenvalue weighted by Gasteiger charge is 2.16. The van der Waals surface area contributed by atoms with Crippen LogP contribution in [-0.2, 0) is 13.1 Å². The zero-order valence-electron chi connectivity index (χ0n) is 9.62.